The lowest BCUT2D eigenvalue weighted by Gasteiger charge is -2.25. The molecule has 34 heavy (non-hydrogen) atoms. The zero-order chi connectivity index (χ0) is 24.6. The van der Waals surface area contributed by atoms with Gasteiger partial charge in [0.1, 0.15) is 18.1 Å². The van der Waals surface area contributed by atoms with Crippen LogP contribution in [0.25, 0.3) is 0 Å². The van der Waals surface area contributed by atoms with E-state index in [0.29, 0.717) is 18.8 Å². The fraction of sp³-hybridized carbons (Fsp3) is 0.409. The van der Waals surface area contributed by atoms with Gasteiger partial charge in [0.05, 0.1) is 23.5 Å². The third-order valence-corrected chi connectivity index (χ3v) is 7.10. The summed E-state index contributed by atoms with van der Waals surface area (Å²) in [6, 6.07) is 10.2. The highest BCUT2D eigenvalue weighted by molar-refractivity contribution is 7.89. The summed E-state index contributed by atoms with van der Waals surface area (Å²) in [6.07, 6.45) is 2.80. The number of nitro groups is 1. The van der Waals surface area contributed by atoms with Gasteiger partial charge in [0, 0.05) is 25.2 Å². The van der Waals surface area contributed by atoms with Gasteiger partial charge in [0.2, 0.25) is 15.8 Å². The second kappa shape index (κ2) is 11.7. The van der Waals surface area contributed by atoms with Gasteiger partial charge < -0.3 is 19.5 Å². The van der Waals surface area contributed by atoms with Gasteiger partial charge in [0.15, 0.2) is 6.61 Å². The fourth-order valence-corrected chi connectivity index (χ4v) is 4.94. The molecule has 0 atom stereocenters. The Morgan fingerprint density at radius 2 is 1.74 bits per heavy atom. The van der Waals surface area contributed by atoms with E-state index < -0.39 is 20.9 Å². The molecule has 1 aliphatic rings. The van der Waals surface area contributed by atoms with Gasteiger partial charge in [-0.1, -0.05) is 6.42 Å². The van der Waals surface area contributed by atoms with Crippen LogP contribution in [-0.2, 0) is 14.8 Å². The number of piperidine rings is 1. The van der Waals surface area contributed by atoms with Crippen LogP contribution < -0.4 is 19.5 Å². The van der Waals surface area contributed by atoms with E-state index in [-0.39, 0.29) is 41.8 Å². The predicted molar refractivity (Wildman–Crippen MR) is 123 cm³/mol. The molecular formula is C22H27N3O8S. The Bertz CT molecular complexity index is 1100. The van der Waals surface area contributed by atoms with E-state index in [4.69, 9.17) is 14.2 Å². The topological polar surface area (TPSA) is 137 Å². The summed E-state index contributed by atoms with van der Waals surface area (Å²) in [5.74, 6) is 0.379. The summed E-state index contributed by atoms with van der Waals surface area (Å²) in [5, 5.41) is 13.5. The molecule has 0 saturated carbocycles. The Balaban J connectivity index is 1.40. The van der Waals surface area contributed by atoms with Gasteiger partial charge in [-0.25, -0.2) is 8.42 Å². The standard InChI is InChI=1S/C22H27N3O8S/c1-31-21-15-18(7-10-20(21)25(27)28)33-16-22(26)23-11-14-32-17-5-8-19(9-6-17)34(29,30)24-12-3-2-4-13-24/h5-10,15H,2-4,11-14,16H2,1H3,(H,23,26). The number of nitrogens with one attached hydrogen (secondary N) is 1. The number of rotatable bonds is 11. The SMILES string of the molecule is COc1cc(OCC(=O)NCCOc2ccc(S(=O)(=O)N3CCCCC3)cc2)ccc1[N+](=O)[O-]. The van der Waals surface area contributed by atoms with Crippen LogP contribution in [0.4, 0.5) is 5.69 Å². The van der Waals surface area contributed by atoms with Gasteiger partial charge in [-0.3, -0.25) is 14.9 Å². The molecule has 184 valence electrons. The molecule has 2 aromatic rings. The summed E-state index contributed by atoms with van der Waals surface area (Å²) in [6.45, 7) is 1.18. The Morgan fingerprint density at radius 3 is 2.38 bits per heavy atom. The van der Waals surface area contributed by atoms with Gasteiger partial charge in [0.25, 0.3) is 5.91 Å². The van der Waals surface area contributed by atoms with Crippen molar-refractivity contribution in [2.24, 2.45) is 0 Å². The molecule has 1 N–H and O–H groups in total. The van der Waals surface area contributed by atoms with E-state index in [1.54, 1.807) is 12.1 Å². The lowest BCUT2D eigenvalue weighted by molar-refractivity contribution is -0.385. The van der Waals surface area contributed by atoms with E-state index in [0.717, 1.165) is 19.3 Å². The average molecular weight is 494 g/mol. The Hall–Kier alpha value is -3.38. The van der Waals surface area contributed by atoms with Gasteiger partial charge in [-0.2, -0.15) is 4.31 Å². The largest absolute Gasteiger partial charge is 0.492 e. The number of ether oxygens (including phenoxy) is 3. The summed E-state index contributed by atoms with van der Waals surface area (Å²) in [7, 11) is -2.18. The van der Waals surface area contributed by atoms with Crippen molar-refractivity contribution in [3.05, 3.63) is 52.6 Å². The minimum atomic E-state index is -3.49. The van der Waals surface area contributed by atoms with Crippen LogP contribution in [0.2, 0.25) is 0 Å². The highest BCUT2D eigenvalue weighted by atomic mass is 32.2. The molecule has 12 heteroatoms. The van der Waals surface area contributed by atoms with Crippen LogP contribution in [0.3, 0.4) is 0 Å². The summed E-state index contributed by atoms with van der Waals surface area (Å²) in [5.41, 5.74) is -0.200. The van der Waals surface area contributed by atoms with Crippen LogP contribution in [0.15, 0.2) is 47.4 Å². The first-order valence-electron chi connectivity index (χ1n) is 10.8. The van der Waals surface area contributed by atoms with E-state index in [2.05, 4.69) is 5.32 Å². The van der Waals surface area contributed by atoms with Gasteiger partial charge >= 0.3 is 5.69 Å². The number of hydrogen-bond donors (Lipinski definition) is 1. The maximum absolute atomic E-state index is 12.7. The molecule has 0 bridgehead atoms. The number of benzene rings is 2. The number of nitrogens with zero attached hydrogens (tertiary/aromatic N) is 2. The van der Waals surface area contributed by atoms with Crippen LogP contribution in [0, 0.1) is 10.1 Å². The molecule has 0 unspecified atom stereocenters. The molecule has 1 heterocycles. The van der Waals surface area contributed by atoms with Crippen LogP contribution in [-0.4, -0.2) is 63.5 Å². The number of carbonyl (C=O) groups is 1. The van der Waals surface area contributed by atoms with E-state index in [1.165, 1.54) is 41.7 Å². The molecule has 0 spiro atoms. The molecule has 1 fully saturated rings. The molecule has 11 nitrogen and oxygen atoms in total. The van der Waals surface area contributed by atoms with Crippen LogP contribution in [0.1, 0.15) is 19.3 Å². The highest BCUT2D eigenvalue weighted by Crippen LogP contribution is 2.30. The maximum Gasteiger partial charge on any atom is 0.311 e. The second-order valence-corrected chi connectivity index (χ2v) is 9.45. The van der Waals surface area contributed by atoms with Crippen molar-refractivity contribution in [2.45, 2.75) is 24.2 Å². The molecule has 3 rings (SSSR count). The molecule has 2 aromatic carbocycles. The van der Waals surface area contributed by atoms with E-state index >= 15 is 0 Å². The van der Waals surface area contributed by atoms with Crippen molar-refractivity contribution in [3.63, 3.8) is 0 Å². The zero-order valence-electron chi connectivity index (χ0n) is 18.8. The average Bonchev–Trinajstić information content (AvgIpc) is 2.86. The normalized spacial score (nSPS) is 14.3. The molecule has 0 radical (unpaired) electrons. The number of methoxy groups -OCH3 is 1. The van der Waals surface area contributed by atoms with E-state index in [1.807, 2.05) is 0 Å². The quantitative estimate of drug-likeness (QED) is 0.286. The molecule has 1 aliphatic heterocycles. The first-order valence-corrected chi connectivity index (χ1v) is 12.2. The fourth-order valence-electron chi connectivity index (χ4n) is 3.42. The molecule has 0 aromatic heterocycles. The lowest BCUT2D eigenvalue weighted by atomic mass is 10.2. The van der Waals surface area contributed by atoms with Gasteiger partial charge in [-0.05, 0) is 43.2 Å². The molecular weight excluding hydrogens is 466 g/mol. The summed E-state index contributed by atoms with van der Waals surface area (Å²) < 4.78 is 42.7. The number of nitro benzene ring substituents is 1. The monoisotopic (exact) mass is 493 g/mol. The number of hydrogen-bond acceptors (Lipinski definition) is 8. The number of carbonyl (C=O) groups excluding carboxylic acids is 1. The Labute approximate surface area is 197 Å². The van der Waals surface area contributed by atoms with Crippen LogP contribution in [0.5, 0.6) is 17.2 Å². The van der Waals surface area contributed by atoms with Crippen molar-refractivity contribution < 1.29 is 32.3 Å². The summed E-state index contributed by atoms with van der Waals surface area (Å²) in [4.78, 5) is 22.5. The maximum atomic E-state index is 12.7. The Kier molecular flexibility index (Phi) is 8.66. The second-order valence-electron chi connectivity index (χ2n) is 7.51. The number of amides is 1. The lowest BCUT2D eigenvalue weighted by Crippen LogP contribution is -2.35. The zero-order valence-corrected chi connectivity index (χ0v) is 19.6. The minimum Gasteiger partial charge on any atom is -0.492 e. The van der Waals surface area contributed by atoms with Gasteiger partial charge in [-0.15, -0.1) is 0 Å². The highest BCUT2D eigenvalue weighted by Gasteiger charge is 2.25. The first kappa shape index (κ1) is 25.2. The molecule has 1 amide bonds. The minimum absolute atomic E-state index is 0.0334. The molecule has 0 aliphatic carbocycles. The summed E-state index contributed by atoms with van der Waals surface area (Å²) >= 11 is 0. The van der Waals surface area contributed by atoms with Crippen molar-refractivity contribution in [2.75, 3.05) is 40.0 Å². The first-order chi connectivity index (χ1) is 16.3. The molecule has 1 saturated heterocycles. The van der Waals surface area contributed by atoms with Crippen molar-refractivity contribution in [1.82, 2.24) is 9.62 Å². The van der Waals surface area contributed by atoms with Crippen LogP contribution >= 0.6 is 0 Å². The predicted octanol–water partition coefficient (Wildman–Crippen LogP) is 2.35. The third kappa shape index (κ3) is 6.58. The third-order valence-electron chi connectivity index (χ3n) is 5.19. The Morgan fingerprint density at radius 1 is 1.06 bits per heavy atom. The van der Waals surface area contributed by atoms with Crippen molar-refractivity contribution >= 4 is 21.6 Å². The smallest absolute Gasteiger partial charge is 0.311 e. The van der Waals surface area contributed by atoms with Crippen molar-refractivity contribution in [3.8, 4) is 17.2 Å². The van der Waals surface area contributed by atoms with E-state index in [9.17, 15) is 23.3 Å². The number of sulfonamides is 1. The van der Waals surface area contributed by atoms with Crippen molar-refractivity contribution in [1.29, 1.82) is 0 Å².